The molecule has 0 bridgehead atoms. The van der Waals surface area contributed by atoms with Gasteiger partial charge in [-0.2, -0.15) is 0 Å². The lowest BCUT2D eigenvalue weighted by atomic mass is 10.3. The van der Waals surface area contributed by atoms with Crippen molar-refractivity contribution in [3.63, 3.8) is 0 Å². The van der Waals surface area contributed by atoms with Crippen molar-refractivity contribution >= 4 is 19.6 Å². The van der Waals surface area contributed by atoms with Gasteiger partial charge in [0.05, 0.1) is 5.69 Å². The second kappa shape index (κ2) is 3.19. The molecule has 0 heterocycles. The lowest BCUT2D eigenvalue weighted by Gasteiger charge is -2.20. The molecule has 12 heavy (non-hydrogen) atoms. The van der Waals surface area contributed by atoms with Crippen molar-refractivity contribution < 1.29 is 0 Å². The quantitative estimate of drug-likeness (QED) is 0.542. The molecule has 0 unspecified atom stereocenters. The minimum atomic E-state index is -1.26. The first-order valence-corrected chi connectivity index (χ1v) is 7.62. The fourth-order valence-electron chi connectivity index (χ4n) is 1.01. The Bertz CT molecular complexity index is 265. The van der Waals surface area contributed by atoms with E-state index in [2.05, 4.69) is 24.6 Å². The number of hydrogen-bond donors (Lipinski definition) is 2. The molecule has 0 spiro atoms. The van der Waals surface area contributed by atoms with Gasteiger partial charge in [0.15, 0.2) is 0 Å². The Hall–Kier alpha value is -0.963. The van der Waals surface area contributed by atoms with Crippen molar-refractivity contribution in [2.75, 3.05) is 10.7 Å². The number of rotatable bonds is 2. The zero-order valence-corrected chi connectivity index (χ0v) is 8.89. The number of nitrogens with two attached hydrogens (primary N) is 1. The van der Waals surface area contributed by atoms with E-state index >= 15 is 0 Å². The summed E-state index contributed by atoms with van der Waals surface area (Å²) in [6, 6.07) is 7.89. The van der Waals surface area contributed by atoms with Crippen molar-refractivity contribution in [2.45, 2.75) is 19.6 Å². The third-order valence-corrected chi connectivity index (χ3v) is 2.49. The number of para-hydroxylation sites is 2. The summed E-state index contributed by atoms with van der Waals surface area (Å²) in [5.74, 6) is 0. The highest BCUT2D eigenvalue weighted by Gasteiger charge is 2.13. The molecule has 0 radical (unpaired) electrons. The highest BCUT2D eigenvalue weighted by Crippen LogP contribution is 2.19. The zero-order chi connectivity index (χ0) is 9.19. The van der Waals surface area contributed by atoms with Crippen LogP contribution in [0.25, 0.3) is 0 Å². The van der Waals surface area contributed by atoms with Crippen molar-refractivity contribution in [1.29, 1.82) is 0 Å². The predicted octanol–water partition coefficient (Wildman–Crippen LogP) is 2.52. The summed E-state index contributed by atoms with van der Waals surface area (Å²) < 4.78 is 0. The van der Waals surface area contributed by atoms with Gasteiger partial charge in [-0.25, -0.2) is 0 Å². The molecular formula is C9H16N2Si. The normalized spacial score (nSPS) is 11.2. The largest absolute Gasteiger partial charge is 0.409 e. The zero-order valence-electron chi connectivity index (χ0n) is 7.89. The Morgan fingerprint density at radius 2 is 1.75 bits per heavy atom. The van der Waals surface area contributed by atoms with Crippen molar-refractivity contribution in [3.8, 4) is 0 Å². The van der Waals surface area contributed by atoms with E-state index in [4.69, 9.17) is 5.73 Å². The number of nitrogens with one attached hydrogen (secondary N) is 1. The first kappa shape index (κ1) is 9.13. The van der Waals surface area contributed by atoms with Gasteiger partial charge >= 0.3 is 0 Å². The molecule has 0 aliphatic heterocycles. The van der Waals surface area contributed by atoms with Crippen LogP contribution in [0.5, 0.6) is 0 Å². The second-order valence-corrected chi connectivity index (χ2v) is 8.71. The van der Waals surface area contributed by atoms with Gasteiger partial charge in [-0.05, 0) is 12.1 Å². The summed E-state index contributed by atoms with van der Waals surface area (Å²) >= 11 is 0. The molecule has 0 aliphatic carbocycles. The first-order chi connectivity index (χ1) is 5.49. The number of anilines is 2. The average Bonchev–Trinajstić information content (AvgIpc) is 1.91. The minimum absolute atomic E-state index is 0.833. The van der Waals surface area contributed by atoms with Crippen LogP contribution >= 0.6 is 0 Å². The molecular weight excluding hydrogens is 164 g/mol. The topological polar surface area (TPSA) is 38.0 Å². The molecule has 3 N–H and O–H groups in total. The molecule has 2 nitrogen and oxygen atoms in total. The molecule has 0 fully saturated rings. The molecule has 1 aromatic rings. The third kappa shape index (κ3) is 2.58. The van der Waals surface area contributed by atoms with Crippen LogP contribution in [0.15, 0.2) is 24.3 Å². The van der Waals surface area contributed by atoms with E-state index in [-0.39, 0.29) is 0 Å². The molecule has 0 saturated carbocycles. The predicted molar refractivity (Wildman–Crippen MR) is 57.8 cm³/mol. The van der Waals surface area contributed by atoms with Gasteiger partial charge < -0.3 is 10.7 Å². The van der Waals surface area contributed by atoms with Gasteiger partial charge in [0, 0.05) is 5.69 Å². The van der Waals surface area contributed by atoms with E-state index < -0.39 is 8.24 Å². The maximum atomic E-state index is 5.79. The Morgan fingerprint density at radius 3 is 2.25 bits per heavy atom. The lowest BCUT2D eigenvalue weighted by molar-refractivity contribution is 1.57. The van der Waals surface area contributed by atoms with Crippen LogP contribution < -0.4 is 10.7 Å². The third-order valence-electron chi connectivity index (χ3n) is 1.47. The molecule has 66 valence electrons. The fraction of sp³-hybridized carbons (Fsp3) is 0.333. The summed E-state index contributed by atoms with van der Waals surface area (Å²) in [6.45, 7) is 6.75. The lowest BCUT2D eigenvalue weighted by Crippen LogP contribution is -2.32. The summed E-state index contributed by atoms with van der Waals surface area (Å²) in [6.07, 6.45) is 0. The van der Waals surface area contributed by atoms with Crippen LogP contribution in [0.3, 0.4) is 0 Å². The minimum Gasteiger partial charge on any atom is -0.409 e. The maximum Gasteiger partial charge on any atom is 0.144 e. The molecule has 0 atom stereocenters. The molecule has 1 rings (SSSR count). The average molecular weight is 180 g/mol. The van der Waals surface area contributed by atoms with Gasteiger partial charge in [-0.1, -0.05) is 31.8 Å². The van der Waals surface area contributed by atoms with Gasteiger partial charge in [-0.3, -0.25) is 0 Å². The van der Waals surface area contributed by atoms with Crippen LogP contribution in [-0.4, -0.2) is 8.24 Å². The Balaban J connectivity index is 2.83. The molecule has 0 saturated heterocycles. The maximum absolute atomic E-state index is 5.79. The molecule has 0 aliphatic rings. The van der Waals surface area contributed by atoms with Gasteiger partial charge in [-0.15, -0.1) is 0 Å². The Labute approximate surface area is 74.9 Å². The highest BCUT2D eigenvalue weighted by atomic mass is 28.3. The van der Waals surface area contributed by atoms with Gasteiger partial charge in [0.1, 0.15) is 8.24 Å². The standard InChI is InChI=1S/C9H16N2Si/c1-12(2,3)11-9-7-5-4-6-8(9)10/h4-7,11H,10H2,1-3H3. The second-order valence-electron chi connectivity index (χ2n) is 3.96. The Morgan fingerprint density at radius 1 is 1.17 bits per heavy atom. The Kier molecular flexibility index (Phi) is 2.42. The van der Waals surface area contributed by atoms with E-state index in [1.54, 1.807) is 0 Å². The van der Waals surface area contributed by atoms with Gasteiger partial charge in [0.2, 0.25) is 0 Å². The highest BCUT2D eigenvalue weighted by molar-refractivity contribution is 6.79. The van der Waals surface area contributed by atoms with Crippen molar-refractivity contribution in [1.82, 2.24) is 0 Å². The van der Waals surface area contributed by atoms with Crippen LogP contribution in [-0.2, 0) is 0 Å². The summed E-state index contributed by atoms with van der Waals surface area (Å²) in [7, 11) is -1.26. The van der Waals surface area contributed by atoms with E-state index in [9.17, 15) is 0 Å². The van der Waals surface area contributed by atoms with Crippen LogP contribution in [0, 0.1) is 0 Å². The molecule has 1 aromatic carbocycles. The summed E-state index contributed by atoms with van der Waals surface area (Å²) in [4.78, 5) is 3.46. The van der Waals surface area contributed by atoms with E-state index in [1.807, 2.05) is 24.3 Å². The summed E-state index contributed by atoms with van der Waals surface area (Å²) in [5.41, 5.74) is 7.69. The smallest absolute Gasteiger partial charge is 0.144 e. The van der Waals surface area contributed by atoms with E-state index in [1.165, 1.54) is 0 Å². The van der Waals surface area contributed by atoms with Crippen molar-refractivity contribution in [3.05, 3.63) is 24.3 Å². The summed E-state index contributed by atoms with van der Waals surface area (Å²) in [5, 5.41) is 0. The molecule has 0 amide bonds. The molecule has 3 heteroatoms. The van der Waals surface area contributed by atoms with Crippen LogP contribution in [0.2, 0.25) is 19.6 Å². The number of nitrogen functional groups attached to an aromatic ring is 1. The fourth-order valence-corrected chi connectivity index (χ4v) is 2.05. The van der Waals surface area contributed by atoms with E-state index in [0.29, 0.717) is 0 Å². The number of hydrogen-bond acceptors (Lipinski definition) is 2. The van der Waals surface area contributed by atoms with Crippen LogP contribution in [0.1, 0.15) is 0 Å². The number of benzene rings is 1. The molecule has 0 aromatic heterocycles. The van der Waals surface area contributed by atoms with Crippen molar-refractivity contribution in [2.24, 2.45) is 0 Å². The van der Waals surface area contributed by atoms with Crippen LogP contribution in [0.4, 0.5) is 11.4 Å². The monoisotopic (exact) mass is 180 g/mol. The van der Waals surface area contributed by atoms with E-state index in [0.717, 1.165) is 11.4 Å². The first-order valence-electron chi connectivity index (χ1n) is 4.12. The van der Waals surface area contributed by atoms with Gasteiger partial charge in [0.25, 0.3) is 0 Å². The SMILES string of the molecule is C[Si](C)(C)Nc1ccccc1N.